The molecule has 6 rings (SSSR count). The van der Waals surface area contributed by atoms with Crippen molar-refractivity contribution in [3.8, 4) is 16.9 Å². The highest BCUT2D eigenvalue weighted by Crippen LogP contribution is 2.37. The molecule has 33 heavy (non-hydrogen) atoms. The molecule has 1 fully saturated rings. The van der Waals surface area contributed by atoms with E-state index in [4.69, 9.17) is 13.6 Å². The Balaban J connectivity index is 1.51. The van der Waals surface area contributed by atoms with Gasteiger partial charge in [0, 0.05) is 39.5 Å². The smallest absolute Gasteiger partial charge is 0.344 e. The molecular formula is C26H22BrNO5. The minimum Gasteiger partial charge on any atom is -0.478 e. The minimum atomic E-state index is -0.505. The van der Waals surface area contributed by atoms with Crippen molar-refractivity contribution < 1.29 is 13.6 Å². The van der Waals surface area contributed by atoms with E-state index in [0.29, 0.717) is 47.0 Å². The molecule has 1 aliphatic carbocycles. The van der Waals surface area contributed by atoms with Crippen molar-refractivity contribution in [2.24, 2.45) is 0 Å². The standard InChI is InChI=1S/C26H22BrNO5/c27-16-6-8-22-15(10-16)11-20(26(30)32-22)19-12-24(29)33-25-18(19)7-9-23-21(25)13-28(14-31-23)17-4-2-1-3-5-17/h6-12,17H,1-5,13-14H2. The van der Waals surface area contributed by atoms with Crippen LogP contribution in [0, 0.1) is 0 Å². The van der Waals surface area contributed by atoms with E-state index in [1.54, 1.807) is 12.1 Å². The van der Waals surface area contributed by atoms with E-state index in [-0.39, 0.29) is 0 Å². The molecule has 1 aliphatic heterocycles. The Morgan fingerprint density at radius 2 is 1.76 bits per heavy atom. The van der Waals surface area contributed by atoms with Gasteiger partial charge < -0.3 is 13.6 Å². The van der Waals surface area contributed by atoms with Crippen molar-refractivity contribution in [3.05, 3.63) is 73.3 Å². The Kier molecular flexibility index (Phi) is 5.11. The van der Waals surface area contributed by atoms with Crippen molar-refractivity contribution in [1.82, 2.24) is 4.90 Å². The van der Waals surface area contributed by atoms with Gasteiger partial charge in [-0.25, -0.2) is 9.59 Å². The van der Waals surface area contributed by atoms with Crippen LogP contribution in [0.5, 0.6) is 5.75 Å². The van der Waals surface area contributed by atoms with Crippen LogP contribution in [0.1, 0.15) is 37.7 Å². The Hall–Kier alpha value is -2.90. The van der Waals surface area contributed by atoms with Gasteiger partial charge in [-0.1, -0.05) is 35.2 Å². The van der Waals surface area contributed by atoms with Gasteiger partial charge in [0.05, 0.1) is 11.1 Å². The number of hydrogen-bond donors (Lipinski definition) is 0. The Morgan fingerprint density at radius 3 is 2.61 bits per heavy atom. The Morgan fingerprint density at radius 1 is 0.909 bits per heavy atom. The number of hydrogen-bond acceptors (Lipinski definition) is 6. The van der Waals surface area contributed by atoms with E-state index in [1.807, 2.05) is 24.3 Å². The van der Waals surface area contributed by atoms with Crippen LogP contribution in [0.4, 0.5) is 0 Å². The zero-order valence-electron chi connectivity index (χ0n) is 17.9. The van der Waals surface area contributed by atoms with Crippen LogP contribution in [0.2, 0.25) is 0 Å². The molecule has 4 aromatic rings. The van der Waals surface area contributed by atoms with Crippen molar-refractivity contribution in [2.75, 3.05) is 6.73 Å². The third-order valence-corrected chi connectivity index (χ3v) is 7.29. The van der Waals surface area contributed by atoms with E-state index in [1.165, 1.54) is 25.3 Å². The van der Waals surface area contributed by atoms with E-state index in [2.05, 4.69) is 20.8 Å². The molecule has 168 valence electrons. The van der Waals surface area contributed by atoms with E-state index in [0.717, 1.165) is 34.0 Å². The molecule has 0 atom stereocenters. The third kappa shape index (κ3) is 3.69. The third-order valence-electron chi connectivity index (χ3n) is 6.80. The summed E-state index contributed by atoms with van der Waals surface area (Å²) in [5, 5.41) is 1.47. The van der Waals surface area contributed by atoms with Crippen LogP contribution >= 0.6 is 15.9 Å². The summed E-state index contributed by atoms with van der Waals surface area (Å²) in [4.78, 5) is 27.8. The lowest BCUT2D eigenvalue weighted by Gasteiger charge is -2.37. The number of fused-ring (bicyclic) bond motifs is 4. The lowest BCUT2D eigenvalue weighted by molar-refractivity contribution is 0.0406. The predicted octanol–water partition coefficient (Wildman–Crippen LogP) is 5.81. The van der Waals surface area contributed by atoms with Gasteiger partial charge in [-0.3, -0.25) is 4.90 Å². The monoisotopic (exact) mass is 507 g/mol. The SMILES string of the molecule is O=c1cc(-c2cc3cc(Br)ccc3oc2=O)c2ccc3c(c2o1)CN(C1CCCCC1)CO3. The molecule has 0 saturated heterocycles. The summed E-state index contributed by atoms with van der Waals surface area (Å²) in [6, 6.07) is 12.8. The first-order chi connectivity index (χ1) is 16.1. The normalized spacial score (nSPS) is 17.2. The summed E-state index contributed by atoms with van der Waals surface area (Å²) >= 11 is 3.46. The van der Waals surface area contributed by atoms with Gasteiger partial charge in [0.25, 0.3) is 0 Å². The number of rotatable bonds is 2. The number of halogens is 1. The molecule has 0 unspecified atom stereocenters. The van der Waals surface area contributed by atoms with Crippen LogP contribution in [-0.2, 0) is 6.54 Å². The van der Waals surface area contributed by atoms with Gasteiger partial charge in [-0.05, 0) is 49.2 Å². The fraction of sp³-hybridized carbons (Fsp3) is 0.308. The topological polar surface area (TPSA) is 72.9 Å². The van der Waals surface area contributed by atoms with Crippen LogP contribution < -0.4 is 16.0 Å². The maximum atomic E-state index is 12.9. The van der Waals surface area contributed by atoms with Crippen molar-refractivity contribution in [2.45, 2.75) is 44.7 Å². The van der Waals surface area contributed by atoms with Gasteiger partial charge in [0.15, 0.2) is 0 Å². The molecule has 0 spiro atoms. The second kappa shape index (κ2) is 8.15. The average Bonchev–Trinajstić information content (AvgIpc) is 2.83. The number of nitrogens with zero attached hydrogens (tertiary/aromatic N) is 1. The summed E-state index contributed by atoms with van der Waals surface area (Å²) in [5.74, 6) is 0.726. The number of benzene rings is 2. The van der Waals surface area contributed by atoms with Gasteiger partial charge in [0.1, 0.15) is 23.6 Å². The summed E-state index contributed by atoms with van der Waals surface area (Å²) in [6.45, 7) is 1.19. The summed E-state index contributed by atoms with van der Waals surface area (Å²) in [6.07, 6.45) is 6.07. The molecule has 3 heterocycles. The van der Waals surface area contributed by atoms with Gasteiger partial charge in [0.2, 0.25) is 0 Å². The maximum absolute atomic E-state index is 12.9. The minimum absolute atomic E-state index is 0.333. The fourth-order valence-electron chi connectivity index (χ4n) is 5.14. The summed E-state index contributed by atoms with van der Waals surface area (Å²) < 4.78 is 18.2. The van der Waals surface area contributed by atoms with Crippen LogP contribution in [0.15, 0.2) is 65.4 Å². The lowest BCUT2D eigenvalue weighted by Crippen LogP contribution is -2.41. The second-order valence-corrected chi connectivity index (χ2v) is 9.76. The quantitative estimate of drug-likeness (QED) is 0.318. The fourth-order valence-corrected chi connectivity index (χ4v) is 5.51. The zero-order valence-corrected chi connectivity index (χ0v) is 19.5. The summed E-state index contributed by atoms with van der Waals surface area (Å²) in [7, 11) is 0. The van der Waals surface area contributed by atoms with Crippen LogP contribution in [0.3, 0.4) is 0 Å². The first-order valence-electron chi connectivity index (χ1n) is 11.3. The second-order valence-electron chi connectivity index (χ2n) is 8.84. The van der Waals surface area contributed by atoms with Crippen LogP contribution in [-0.4, -0.2) is 17.7 Å². The molecular weight excluding hydrogens is 486 g/mol. The maximum Gasteiger partial charge on any atom is 0.344 e. The molecule has 0 bridgehead atoms. The lowest BCUT2D eigenvalue weighted by atomic mass is 9.93. The molecule has 0 N–H and O–H groups in total. The predicted molar refractivity (Wildman–Crippen MR) is 130 cm³/mol. The van der Waals surface area contributed by atoms with E-state index < -0.39 is 11.3 Å². The van der Waals surface area contributed by atoms with Crippen molar-refractivity contribution in [3.63, 3.8) is 0 Å². The molecule has 2 aliphatic rings. The molecule has 1 saturated carbocycles. The zero-order chi connectivity index (χ0) is 22.5. The largest absolute Gasteiger partial charge is 0.478 e. The van der Waals surface area contributed by atoms with Gasteiger partial charge >= 0.3 is 11.3 Å². The molecule has 2 aromatic heterocycles. The van der Waals surface area contributed by atoms with Gasteiger partial charge in [-0.15, -0.1) is 0 Å². The molecule has 0 amide bonds. The highest BCUT2D eigenvalue weighted by Gasteiger charge is 2.28. The van der Waals surface area contributed by atoms with Gasteiger partial charge in [-0.2, -0.15) is 0 Å². The van der Waals surface area contributed by atoms with Crippen molar-refractivity contribution >= 4 is 37.9 Å². The highest BCUT2D eigenvalue weighted by atomic mass is 79.9. The number of ether oxygens (including phenoxy) is 1. The average molecular weight is 508 g/mol. The molecule has 2 aromatic carbocycles. The molecule has 6 nitrogen and oxygen atoms in total. The Bertz CT molecular complexity index is 1500. The first-order valence-corrected chi connectivity index (χ1v) is 12.1. The van der Waals surface area contributed by atoms with E-state index >= 15 is 0 Å². The first kappa shape index (κ1) is 20.7. The Labute approximate surface area is 197 Å². The van der Waals surface area contributed by atoms with E-state index in [9.17, 15) is 9.59 Å². The van der Waals surface area contributed by atoms with Crippen LogP contribution in [0.25, 0.3) is 33.1 Å². The summed E-state index contributed by atoms with van der Waals surface area (Å²) in [5.41, 5.74) is 1.67. The molecule has 7 heteroatoms. The molecule has 0 radical (unpaired) electrons. The highest BCUT2D eigenvalue weighted by molar-refractivity contribution is 9.10. The van der Waals surface area contributed by atoms with Crippen molar-refractivity contribution in [1.29, 1.82) is 0 Å².